The summed E-state index contributed by atoms with van der Waals surface area (Å²) in [5.74, 6) is 0.930. The van der Waals surface area contributed by atoms with Gasteiger partial charge in [0, 0.05) is 31.9 Å². The van der Waals surface area contributed by atoms with E-state index in [1.807, 2.05) is 16.7 Å². The Bertz CT molecular complexity index is 1030. The Labute approximate surface area is 202 Å². The average Bonchev–Trinajstić information content (AvgIpc) is 3.38. The van der Waals surface area contributed by atoms with E-state index < -0.39 is 0 Å². The number of nitrogens with one attached hydrogen (secondary N) is 1. The fraction of sp³-hybridized carbons (Fsp3) is 0.593. The number of nitrogens with zero attached hydrogens (tertiary/aromatic N) is 3. The molecule has 1 aromatic carbocycles. The molecule has 3 amide bonds. The molecular formula is C27H38N4O3. The van der Waals surface area contributed by atoms with Crippen molar-refractivity contribution in [2.75, 3.05) is 31.5 Å². The number of carbonyl (C=O) groups is 2. The molecule has 2 saturated heterocycles. The van der Waals surface area contributed by atoms with Gasteiger partial charge in [-0.2, -0.15) is 0 Å². The summed E-state index contributed by atoms with van der Waals surface area (Å²) < 4.78 is 5.19. The molecule has 0 bridgehead atoms. The third kappa shape index (κ3) is 4.70. The maximum Gasteiger partial charge on any atom is 0.321 e. The number of rotatable bonds is 5. The smallest absolute Gasteiger partial charge is 0.321 e. The summed E-state index contributed by atoms with van der Waals surface area (Å²) in [6.45, 7) is 13.0. The van der Waals surface area contributed by atoms with Gasteiger partial charge in [-0.25, -0.2) is 4.79 Å². The molecule has 2 aliphatic heterocycles. The molecule has 3 heterocycles. The maximum absolute atomic E-state index is 13.3. The van der Waals surface area contributed by atoms with Gasteiger partial charge in [-0.1, -0.05) is 50.5 Å². The van der Waals surface area contributed by atoms with Crippen LogP contribution in [0.1, 0.15) is 85.3 Å². The molecule has 1 N–H and O–H groups in total. The summed E-state index contributed by atoms with van der Waals surface area (Å²) >= 11 is 0. The number of aromatic nitrogens is 1. The van der Waals surface area contributed by atoms with E-state index in [1.54, 1.807) is 6.92 Å². The van der Waals surface area contributed by atoms with Crippen LogP contribution in [0.2, 0.25) is 0 Å². The molecule has 7 nitrogen and oxygen atoms in total. The van der Waals surface area contributed by atoms with E-state index in [2.05, 4.69) is 49.4 Å². The second kappa shape index (κ2) is 9.80. The van der Waals surface area contributed by atoms with Crippen LogP contribution in [0, 0.1) is 19.3 Å². The number of aryl methyl sites for hydroxylation is 3. The number of urea groups is 1. The molecule has 0 unspecified atom stereocenters. The summed E-state index contributed by atoms with van der Waals surface area (Å²) in [7, 11) is 0. The zero-order chi connectivity index (χ0) is 24.5. The van der Waals surface area contributed by atoms with Crippen LogP contribution in [0.3, 0.4) is 0 Å². The summed E-state index contributed by atoms with van der Waals surface area (Å²) in [6.07, 6.45) is 4.81. The SMILES string of the molecule is CCCc1cccc(C(C)C)c1NC(=O)N1CCC2(CCN(C(=O)c3c(C)noc3C)CC2)C1. The van der Waals surface area contributed by atoms with Gasteiger partial charge in [0.25, 0.3) is 5.91 Å². The number of anilines is 1. The Balaban J connectivity index is 1.40. The second-order valence-electron chi connectivity index (χ2n) is 10.4. The van der Waals surface area contributed by atoms with Crippen LogP contribution < -0.4 is 5.32 Å². The first-order valence-electron chi connectivity index (χ1n) is 12.6. The van der Waals surface area contributed by atoms with Gasteiger partial charge in [-0.15, -0.1) is 0 Å². The van der Waals surface area contributed by atoms with Crippen LogP contribution >= 0.6 is 0 Å². The van der Waals surface area contributed by atoms with Gasteiger partial charge >= 0.3 is 6.03 Å². The number of carbonyl (C=O) groups excluding carboxylic acids is 2. The van der Waals surface area contributed by atoms with E-state index in [1.165, 1.54) is 11.1 Å². The van der Waals surface area contributed by atoms with Gasteiger partial charge in [0.15, 0.2) is 0 Å². The molecule has 184 valence electrons. The molecule has 2 aliphatic rings. The molecule has 0 atom stereocenters. The van der Waals surface area contributed by atoms with Crippen LogP contribution in [0.4, 0.5) is 10.5 Å². The highest BCUT2D eigenvalue weighted by Gasteiger charge is 2.43. The fourth-order valence-electron chi connectivity index (χ4n) is 5.56. The normalized spacial score (nSPS) is 17.6. The first-order chi connectivity index (χ1) is 16.2. The highest BCUT2D eigenvalue weighted by atomic mass is 16.5. The van der Waals surface area contributed by atoms with Crippen molar-refractivity contribution >= 4 is 17.6 Å². The Kier molecular flexibility index (Phi) is 7.01. The largest absolute Gasteiger partial charge is 0.361 e. The minimum atomic E-state index is -0.00319. The van der Waals surface area contributed by atoms with Crippen molar-refractivity contribution in [2.24, 2.45) is 5.41 Å². The number of likely N-dealkylation sites (tertiary alicyclic amines) is 2. The standard InChI is InChI=1S/C27H38N4O3/c1-6-8-21-9-7-10-22(18(2)3)24(21)28-26(33)31-16-13-27(17-31)11-14-30(15-12-27)25(32)23-19(4)29-34-20(23)5/h7,9-10,18H,6,8,11-17H2,1-5H3,(H,28,33). The fourth-order valence-corrected chi connectivity index (χ4v) is 5.56. The predicted octanol–water partition coefficient (Wildman–Crippen LogP) is 5.53. The van der Waals surface area contributed by atoms with E-state index in [0.29, 0.717) is 36.0 Å². The molecular weight excluding hydrogens is 428 g/mol. The predicted molar refractivity (Wildman–Crippen MR) is 133 cm³/mol. The molecule has 4 rings (SSSR count). The van der Waals surface area contributed by atoms with Crippen molar-refractivity contribution in [2.45, 2.75) is 72.6 Å². The number of para-hydroxylation sites is 1. The third-order valence-electron chi connectivity index (χ3n) is 7.64. The Hall–Kier alpha value is -2.83. The number of hydrogen-bond acceptors (Lipinski definition) is 4. The van der Waals surface area contributed by atoms with Gasteiger partial charge in [0.2, 0.25) is 0 Å². The van der Waals surface area contributed by atoms with E-state index in [4.69, 9.17) is 4.52 Å². The van der Waals surface area contributed by atoms with E-state index in [0.717, 1.165) is 50.9 Å². The molecule has 1 aromatic heterocycles. The zero-order valence-electron chi connectivity index (χ0n) is 21.2. The quantitative estimate of drug-likeness (QED) is 0.629. The van der Waals surface area contributed by atoms with Gasteiger partial charge in [-0.3, -0.25) is 4.79 Å². The van der Waals surface area contributed by atoms with Crippen LogP contribution in [0.5, 0.6) is 0 Å². The van der Waals surface area contributed by atoms with E-state index in [-0.39, 0.29) is 17.4 Å². The minimum absolute atomic E-state index is 0.00319. The van der Waals surface area contributed by atoms with E-state index >= 15 is 0 Å². The number of amides is 3. The molecule has 7 heteroatoms. The molecule has 2 aromatic rings. The van der Waals surface area contributed by atoms with Crippen molar-refractivity contribution in [3.63, 3.8) is 0 Å². The molecule has 34 heavy (non-hydrogen) atoms. The monoisotopic (exact) mass is 466 g/mol. The Morgan fingerprint density at radius 1 is 1.12 bits per heavy atom. The Morgan fingerprint density at radius 2 is 1.79 bits per heavy atom. The van der Waals surface area contributed by atoms with Crippen molar-refractivity contribution in [3.05, 3.63) is 46.3 Å². The van der Waals surface area contributed by atoms with Crippen molar-refractivity contribution in [1.82, 2.24) is 15.0 Å². The Morgan fingerprint density at radius 3 is 2.38 bits per heavy atom. The lowest BCUT2D eigenvalue weighted by molar-refractivity contribution is 0.0592. The highest BCUT2D eigenvalue weighted by Crippen LogP contribution is 2.41. The lowest BCUT2D eigenvalue weighted by atomic mass is 9.77. The van der Waals surface area contributed by atoms with Gasteiger partial charge < -0.3 is 19.6 Å². The lowest BCUT2D eigenvalue weighted by Crippen LogP contribution is -2.45. The van der Waals surface area contributed by atoms with Gasteiger partial charge in [-0.05, 0) is 62.0 Å². The van der Waals surface area contributed by atoms with Crippen molar-refractivity contribution < 1.29 is 14.1 Å². The van der Waals surface area contributed by atoms with Crippen LogP contribution in [0.15, 0.2) is 22.7 Å². The first-order valence-corrected chi connectivity index (χ1v) is 12.6. The van der Waals surface area contributed by atoms with E-state index in [9.17, 15) is 9.59 Å². The molecule has 1 spiro atoms. The number of benzene rings is 1. The highest BCUT2D eigenvalue weighted by molar-refractivity contribution is 5.96. The van der Waals surface area contributed by atoms with Crippen molar-refractivity contribution in [1.29, 1.82) is 0 Å². The first kappa shape index (κ1) is 24.3. The average molecular weight is 467 g/mol. The van der Waals surface area contributed by atoms with Gasteiger partial charge in [0.05, 0.1) is 5.69 Å². The van der Waals surface area contributed by atoms with Gasteiger partial charge in [0.1, 0.15) is 11.3 Å². The van der Waals surface area contributed by atoms with Crippen LogP contribution in [-0.4, -0.2) is 53.1 Å². The zero-order valence-corrected chi connectivity index (χ0v) is 21.2. The second-order valence-corrected chi connectivity index (χ2v) is 10.4. The third-order valence-corrected chi connectivity index (χ3v) is 7.64. The number of piperidine rings is 1. The minimum Gasteiger partial charge on any atom is -0.361 e. The topological polar surface area (TPSA) is 78.7 Å². The molecule has 0 saturated carbocycles. The summed E-state index contributed by atoms with van der Waals surface area (Å²) in [5, 5.41) is 7.20. The molecule has 2 fully saturated rings. The molecule has 0 radical (unpaired) electrons. The van der Waals surface area contributed by atoms with Crippen LogP contribution in [0.25, 0.3) is 0 Å². The van der Waals surface area contributed by atoms with Crippen molar-refractivity contribution in [3.8, 4) is 0 Å². The summed E-state index contributed by atoms with van der Waals surface area (Å²) in [5.41, 5.74) is 4.73. The van der Waals surface area contributed by atoms with Crippen LogP contribution in [-0.2, 0) is 6.42 Å². The maximum atomic E-state index is 13.3. The molecule has 0 aliphatic carbocycles. The lowest BCUT2D eigenvalue weighted by Gasteiger charge is -2.39. The summed E-state index contributed by atoms with van der Waals surface area (Å²) in [4.78, 5) is 30.2. The number of hydrogen-bond donors (Lipinski definition) is 1. The summed E-state index contributed by atoms with van der Waals surface area (Å²) in [6, 6.07) is 6.34.